The summed E-state index contributed by atoms with van der Waals surface area (Å²) in [6.45, 7) is 8.38. The van der Waals surface area contributed by atoms with Gasteiger partial charge >= 0.3 is 0 Å². The normalized spacial score (nSPS) is 16.2. The summed E-state index contributed by atoms with van der Waals surface area (Å²) in [6, 6.07) is 8.13. The Labute approximate surface area is 189 Å². The van der Waals surface area contributed by atoms with Crippen LogP contribution in [0.15, 0.2) is 42.9 Å². The van der Waals surface area contributed by atoms with Crippen LogP contribution in [0, 0.1) is 13.8 Å². The second-order valence-corrected chi connectivity index (χ2v) is 8.54. The van der Waals surface area contributed by atoms with Gasteiger partial charge in [0.05, 0.1) is 0 Å². The molecule has 0 spiro atoms. The Hall–Kier alpha value is -3.22. The molecule has 0 unspecified atom stereocenters. The fraction of sp³-hybridized carbons (Fsp3) is 0.440. The van der Waals surface area contributed by atoms with Crippen LogP contribution in [0.4, 0.5) is 11.5 Å². The van der Waals surface area contributed by atoms with Crippen LogP contribution in [0.25, 0.3) is 0 Å². The number of aryl methyl sites for hydroxylation is 4. The molecule has 7 nitrogen and oxygen atoms in total. The third-order valence-corrected chi connectivity index (χ3v) is 6.12. The summed E-state index contributed by atoms with van der Waals surface area (Å²) in [5.41, 5.74) is 4.10. The molecule has 7 heteroatoms. The molecule has 0 aromatic carbocycles. The van der Waals surface area contributed by atoms with Gasteiger partial charge in [-0.3, -0.25) is 9.78 Å². The quantitative estimate of drug-likeness (QED) is 0.599. The van der Waals surface area contributed by atoms with E-state index in [1.54, 1.807) is 6.20 Å². The minimum Gasteiger partial charge on any atom is -0.342 e. The molecule has 1 fully saturated rings. The van der Waals surface area contributed by atoms with Crippen LogP contribution in [0.5, 0.6) is 0 Å². The van der Waals surface area contributed by atoms with Crippen molar-refractivity contribution in [2.75, 3.05) is 18.4 Å². The number of hydrogen-bond acceptors (Lipinski definition) is 5. The summed E-state index contributed by atoms with van der Waals surface area (Å²) < 4.78 is 2.08. The fourth-order valence-corrected chi connectivity index (χ4v) is 4.41. The number of pyridine rings is 2. The largest absolute Gasteiger partial charge is 0.342 e. The summed E-state index contributed by atoms with van der Waals surface area (Å²) in [6.07, 6.45) is 8.98. The summed E-state index contributed by atoms with van der Waals surface area (Å²) >= 11 is 0. The molecule has 1 atom stereocenters. The monoisotopic (exact) mass is 432 g/mol. The Morgan fingerprint density at radius 1 is 1.22 bits per heavy atom. The van der Waals surface area contributed by atoms with Crippen LogP contribution in [0.3, 0.4) is 0 Å². The molecule has 4 rings (SSSR count). The van der Waals surface area contributed by atoms with Crippen molar-refractivity contribution in [1.82, 2.24) is 24.4 Å². The molecule has 1 saturated heterocycles. The Balaban J connectivity index is 1.43. The number of imidazole rings is 1. The lowest BCUT2D eigenvalue weighted by atomic mass is 9.93. The highest BCUT2D eigenvalue weighted by Gasteiger charge is 2.26. The molecule has 1 N–H and O–H groups in total. The SMILES string of the molecule is CCc1nccn1CCC(=O)N1CCC[C@@H](c2cc(Nc3ncccc3C)cc(C)n2)C1. The molecule has 1 amide bonds. The van der Waals surface area contributed by atoms with Crippen molar-refractivity contribution >= 4 is 17.4 Å². The third-order valence-electron chi connectivity index (χ3n) is 6.12. The maximum atomic E-state index is 12.9. The second-order valence-electron chi connectivity index (χ2n) is 8.54. The van der Waals surface area contributed by atoms with E-state index in [1.165, 1.54) is 0 Å². The minimum atomic E-state index is 0.209. The lowest BCUT2D eigenvalue weighted by Crippen LogP contribution is -2.39. The number of rotatable bonds is 7. The first-order valence-electron chi connectivity index (χ1n) is 11.5. The van der Waals surface area contributed by atoms with Crippen LogP contribution in [-0.4, -0.2) is 43.4 Å². The predicted octanol–water partition coefficient (Wildman–Crippen LogP) is 4.39. The van der Waals surface area contributed by atoms with Crippen molar-refractivity contribution in [1.29, 1.82) is 0 Å². The molecule has 3 aromatic rings. The van der Waals surface area contributed by atoms with Crippen LogP contribution >= 0.6 is 0 Å². The van der Waals surface area contributed by atoms with Gasteiger partial charge in [0.2, 0.25) is 5.91 Å². The van der Waals surface area contributed by atoms with Crippen molar-refractivity contribution in [3.63, 3.8) is 0 Å². The van der Waals surface area contributed by atoms with Gasteiger partial charge < -0.3 is 14.8 Å². The van der Waals surface area contributed by atoms with E-state index in [0.717, 1.165) is 66.6 Å². The number of likely N-dealkylation sites (tertiary alicyclic amines) is 1. The molecule has 1 aliphatic rings. The van der Waals surface area contributed by atoms with Gasteiger partial charge in [0.15, 0.2) is 0 Å². The van der Waals surface area contributed by atoms with Crippen LogP contribution in [0.1, 0.15) is 54.9 Å². The van der Waals surface area contributed by atoms with E-state index < -0.39 is 0 Å². The zero-order valence-corrected chi connectivity index (χ0v) is 19.2. The molecule has 4 heterocycles. The summed E-state index contributed by atoms with van der Waals surface area (Å²) in [5.74, 6) is 2.34. The topological polar surface area (TPSA) is 75.9 Å². The van der Waals surface area contributed by atoms with Crippen molar-refractivity contribution in [2.24, 2.45) is 0 Å². The fourth-order valence-electron chi connectivity index (χ4n) is 4.41. The Bertz CT molecular complexity index is 1080. The zero-order valence-electron chi connectivity index (χ0n) is 19.2. The molecule has 3 aromatic heterocycles. The highest BCUT2D eigenvalue weighted by molar-refractivity contribution is 5.76. The number of carbonyl (C=O) groups excluding carboxylic acids is 1. The summed E-state index contributed by atoms with van der Waals surface area (Å²) in [4.78, 5) is 28.5. The number of nitrogens with zero attached hydrogens (tertiary/aromatic N) is 5. The number of piperidine rings is 1. The third kappa shape index (κ3) is 5.15. The molecule has 0 aliphatic carbocycles. The van der Waals surface area contributed by atoms with Gasteiger partial charge in [0.1, 0.15) is 11.6 Å². The molecular formula is C25H32N6O. The average Bonchev–Trinajstić information content (AvgIpc) is 3.26. The first-order chi connectivity index (χ1) is 15.5. The number of aromatic nitrogens is 4. The van der Waals surface area contributed by atoms with Crippen molar-refractivity contribution in [3.05, 3.63) is 65.6 Å². The lowest BCUT2D eigenvalue weighted by molar-refractivity contribution is -0.132. The van der Waals surface area contributed by atoms with E-state index in [-0.39, 0.29) is 11.8 Å². The van der Waals surface area contributed by atoms with Crippen molar-refractivity contribution in [2.45, 2.75) is 58.9 Å². The van der Waals surface area contributed by atoms with Gasteiger partial charge in [-0.2, -0.15) is 0 Å². The molecule has 32 heavy (non-hydrogen) atoms. The van der Waals surface area contributed by atoms with Crippen molar-refractivity contribution in [3.8, 4) is 0 Å². The molecule has 168 valence electrons. The molecule has 0 saturated carbocycles. The van der Waals surface area contributed by atoms with E-state index in [2.05, 4.69) is 32.8 Å². The molecular weight excluding hydrogens is 400 g/mol. The maximum Gasteiger partial charge on any atom is 0.224 e. The average molecular weight is 433 g/mol. The summed E-state index contributed by atoms with van der Waals surface area (Å²) in [7, 11) is 0. The molecule has 1 aliphatic heterocycles. The molecule has 0 bridgehead atoms. The number of amides is 1. The van der Waals surface area contributed by atoms with E-state index in [0.29, 0.717) is 13.0 Å². The maximum absolute atomic E-state index is 12.9. The summed E-state index contributed by atoms with van der Waals surface area (Å²) in [5, 5.41) is 3.43. The smallest absolute Gasteiger partial charge is 0.224 e. The number of anilines is 2. The van der Waals surface area contributed by atoms with E-state index >= 15 is 0 Å². The van der Waals surface area contributed by atoms with E-state index in [1.807, 2.05) is 49.3 Å². The Morgan fingerprint density at radius 3 is 2.91 bits per heavy atom. The highest BCUT2D eigenvalue weighted by Crippen LogP contribution is 2.29. The number of hydrogen-bond donors (Lipinski definition) is 1. The van der Waals surface area contributed by atoms with Gasteiger partial charge in [-0.05, 0) is 50.5 Å². The van der Waals surface area contributed by atoms with Crippen LogP contribution in [-0.2, 0) is 17.8 Å². The van der Waals surface area contributed by atoms with Gasteiger partial charge in [-0.1, -0.05) is 13.0 Å². The minimum absolute atomic E-state index is 0.209. The van der Waals surface area contributed by atoms with Gasteiger partial charge in [0.25, 0.3) is 0 Å². The van der Waals surface area contributed by atoms with Gasteiger partial charge in [0, 0.05) is 74.1 Å². The highest BCUT2D eigenvalue weighted by atomic mass is 16.2. The lowest BCUT2D eigenvalue weighted by Gasteiger charge is -2.33. The van der Waals surface area contributed by atoms with Crippen LogP contribution in [0.2, 0.25) is 0 Å². The van der Waals surface area contributed by atoms with E-state index in [9.17, 15) is 4.79 Å². The zero-order chi connectivity index (χ0) is 22.5. The van der Waals surface area contributed by atoms with Gasteiger partial charge in [-0.15, -0.1) is 0 Å². The first-order valence-corrected chi connectivity index (χ1v) is 11.5. The standard InChI is InChI=1S/C25H32N6O/c1-4-23-26-11-14-30(23)13-9-24(32)31-12-6-8-20(17-31)22-16-21(15-19(3)28-22)29-25-18(2)7-5-10-27-25/h5,7,10-11,14-16,20H,4,6,8-9,12-13,17H2,1-3H3,(H,27,28,29)/t20-/m1/s1. The first kappa shape index (κ1) is 22.0. The Kier molecular flexibility index (Phi) is 6.83. The van der Waals surface area contributed by atoms with Gasteiger partial charge in [-0.25, -0.2) is 9.97 Å². The van der Waals surface area contributed by atoms with Crippen LogP contribution < -0.4 is 5.32 Å². The predicted molar refractivity (Wildman–Crippen MR) is 126 cm³/mol. The van der Waals surface area contributed by atoms with Crippen molar-refractivity contribution < 1.29 is 4.79 Å². The van der Waals surface area contributed by atoms with E-state index in [4.69, 9.17) is 4.98 Å². The Morgan fingerprint density at radius 2 is 2.09 bits per heavy atom. The second kappa shape index (κ2) is 9.94. The number of nitrogens with one attached hydrogen (secondary N) is 1. The number of carbonyl (C=O) groups is 1. The molecule has 0 radical (unpaired) electrons.